The van der Waals surface area contributed by atoms with E-state index in [-0.39, 0.29) is 0 Å². The number of nitrogen functional groups attached to an aromatic ring is 1. The molecule has 0 atom stereocenters. The second-order valence-electron chi connectivity index (χ2n) is 5.78. The van der Waals surface area contributed by atoms with E-state index in [2.05, 4.69) is 22.2 Å². The molecule has 1 aromatic heterocycles. The fourth-order valence-corrected chi connectivity index (χ4v) is 2.68. The summed E-state index contributed by atoms with van der Waals surface area (Å²) < 4.78 is 5.52. The van der Waals surface area contributed by atoms with Gasteiger partial charge in [0, 0.05) is 6.54 Å². The van der Waals surface area contributed by atoms with Crippen molar-refractivity contribution in [3.05, 3.63) is 6.33 Å². The van der Waals surface area contributed by atoms with E-state index < -0.39 is 0 Å². The minimum absolute atomic E-state index is 0.496. The van der Waals surface area contributed by atoms with Gasteiger partial charge >= 0.3 is 0 Å². The minimum atomic E-state index is 0.496. The van der Waals surface area contributed by atoms with E-state index in [1.165, 1.54) is 32.0 Å². The Morgan fingerprint density at radius 1 is 1.42 bits per heavy atom. The van der Waals surface area contributed by atoms with Crippen molar-refractivity contribution in [2.45, 2.75) is 39.0 Å². The van der Waals surface area contributed by atoms with Gasteiger partial charge in [-0.3, -0.25) is 0 Å². The zero-order chi connectivity index (χ0) is 13.3. The standard InChI is InChI=1S/C14H22N4O/c1-2-7-19-13-11(15)12(17-9-18-13)16-8-14(5-6-14)10-3-4-10/h9-10H,2-8,15H2,1H3,(H,16,17,18). The lowest BCUT2D eigenvalue weighted by atomic mass is 10.0. The van der Waals surface area contributed by atoms with Gasteiger partial charge in [-0.1, -0.05) is 6.92 Å². The molecule has 5 heteroatoms. The van der Waals surface area contributed by atoms with Gasteiger partial charge in [0.05, 0.1) is 6.61 Å². The first-order valence-electron chi connectivity index (χ1n) is 7.22. The Bertz CT molecular complexity index is 455. The van der Waals surface area contributed by atoms with Crippen LogP contribution in [0.3, 0.4) is 0 Å². The van der Waals surface area contributed by atoms with E-state index in [0.717, 1.165) is 18.9 Å². The average Bonchev–Trinajstić information content (AvgIpc) is 3.28. The van der Waals surface area contributed by atoms with Crippen LogP contribution in [0.25, 0.3) is 0 Å². The highest BCUT2D eigenvalue weighted by Gasteiger charge is 2.53. The number of nitrogens with one attached hydrogen (secondary N) is 1. The third-order valence-corrected chi connectivity index (χ3v) is 4.23. The summed E-state index contributed by atoms with van der Waals surface area (Å²) >= 11 is 0. The largest absolute Gasteiger partial charge is 0.476 e. The quantitative estimate of drug-likeness (QED) is 0.789. The Morgan fingerprint density at radius 2 is 2.21 bits per heavy atom. The highest BCUT2D eigenvalue weighted by atomic mass is 16.5. The molecule has 1 aromatic rings. The fraction of sp³-hybridized carbons (Fsp3) is 0.714. The number of nitrogens with zero attached hydrogens (tertiary/aromatic N) is 2. The van der Waals surface area contributed by atoms with Gasteiger partial charge in [-0.2, -0.15) is 4.98 Å². The smallest absolute Gasteiger partial charge is 0.242 e. The van der Waals surface area contributed by atoms with Crippen molar-refractivity contribution in [2.75, 3.05) is 24.2 Å². The first-order chi connectivity index (χ1) is 9.25. The molecular weight excluding hydrogens is 240 g/mol. The monoisotopic (exact) mass is 262 g/mol. The van der Waals surface area contributed by atoms with Crippen LogP contribution in [0.2, 0.25) is 0 Å². The van der Waals surface area contributed by atoms with Crippen LogP contribution >= 0.6 is 0 Å². The normalized spacial score (nSPS) is 20.1. The van der Waals surface area contributed by atoms with E-state index in [9.17, 15) is 0 Å². The van der Waals surface area contributed by atoms with Crippen LogP contribution < -0.4 is 15.8 Å². The number of aromatic nitrogens is 2. The molecule has 0 aliphatic heterocycles. The van der Waals surface area contributed by atoms with Crippen molar-refractivity contribution in [2.24, 2.45) is 11.3 Å². The van der Waals surface area contributed by atoms with Gasteiger partial charge < -0.3 is 15.8 Å². The van der Waals surface area contributed by atoms with Gasteiger partial charge in [0.1, 0.15) is 12.0 Å². The van der Waals surface area contributed by atoms with Crippen LogP contribution in [0.4, 0.5) is 11.5 Å². The molecule has 0 aromatic carbocycles. The number of hydrogen-bond acceptors (Lipinski definition) is 5. The third-order valence-electron chi connectivity index (χ3n) is 4.23. The predicted molar refractivity (Wildman–Crippen MR) is 75.1 cm³/mol. The van der Waals surface area contributed by atoms with Gasteiger partial charge in [0.2, 0.25) is 5.88 Å². The predicted octanol–water partition coefficient (Wildman–Crippen LogP) is 2.45. The van der Waals surface area contributed by atoms with Crippen molar-refractivity contribution >= 4 is 11.5 Å². The zero-order valence-electron chi connectivity index (χ0n) is 11.5. The SMILES string of the molecule is CCCOc1ncnc(NCC2(C3CC3)CC2)c1N. The molecule has 0 saturated heterocycles. The summed E-state index contributed by atoms with van der Waals surface area (Å²) in [7, 11) is 0. The summed E-state index contributed by atoms with van der Waals surface area (Å²) in [4.78, 5) is 8.32. The molecule has 2 aliphatic carbocycles. The Kier molecular flexibility index (Phi) is 3.21. The van der Waals surface area contributed by atoms with Crippen molar-refractivity contribution in [1.29, 1.82) is 0 Å². The molecule has 19 heavy (non-hydrogen) atoms. The summed E-state index contributed by atoms with van der Waals surface area (Å²) in [6, 6.07) is 0. The molecule has 0 radical (unpaired) electrons. The first-order valence-corrected chi connectivity index (χ1v) is 7.22. The molecule has 2 saturated carbocycles. The lowest BCUT2D eigenvalue weighted by molar-refractivity contribution is 0.306. The molecule has 5 nitrogen and oxygen atoms in total. The van der Waals surface area contributed by atoms with Crippen molar-refractivity contribution in [1.82, 2.24) is 9.97 Å². The highest BCUT2D eigenvalue weighted by Crippen LogP contribution is 2.61. The fourth-order valence-electron chi connectivity index (χ4n) is 2.68. The first kappa shape index (κ1) is 12.5. The van der Waals surface area contributed by atoms with Gasteiger partial charge in [-0.05, 0) is 43.4 Å². The van der Waals surface area contributed by atoms with E-state index >= 15 is 0 Å². The number of ether oxygens (including phenoxy) is 1. The number of hydrogen-bond donors (Lipinski definition) is 2. The van der Waals surface area contributed by atoms with Crippen LogP contribution in [-0.4, -0.2) is 23.1 Å². The van der Waals surface area contributed by atoms with Crippen LogP contribution in [0, 0.1) is 11.3 Å². The number of rotatable bonds is 7. The Morgan fingerprint density at radius 3 is 2.84 bits per heavy atom. The molecule has 1 heterocycles. The van der Waals surface area contributed by atoms with Gasteiger partial charge in [-0.25, -0.2) is 4.98 Å². The number of anilines is 2. The topological polar surface area (TPSA) is 73.1 Å². The van der Waals surface area contributed by atoms with Gasteiger partial charge in [-0.15, -0.1) is 0 Å². The van der Waals surface area contributed by atoms with Crippen LogP contribution in [0.5, 0.6) is 5.88 Å². The third kappa shape index (κ3) is 2.60. The Hall–Kier alpha value is -1.52. The van der Waals surface area contributed by atoms with E-state index in [1.807, 2.05) is 0 Å². The molecular formula is C14H22N4O. The molecule has 2 fully saturated rings. The average molecular weight is 262 g/mol. The van der Waals surface area contributed by atoms with Gasteiger partial charge in [0.15, 0.2) is 5.82 Å². The molecule has 2 aliphatic rings. The maximum absolute atomic E-state index is 6.05. The molecule has 104 valence electrons. The maximum atomic E-state index is 6.05. The van der Waals surface area contributed by atoms with E-state index in [1.54, 1.807) is 0 Å². The Labute approximate surface area is 114 Å². The molecule has 3 rings (SSSR count). The molecule has 0 spiro atoms. The van der Waals surface area contributed by atoms with Crippen molar-refractivity contribution < 1.29 is 4.74 Å². The molecule has 0 amide bonds. The lowest BCUT2D eigenvalue weighted by Crippen LogP contribution is -2.19. The van der Waals surface area contributed by atoms with Crippen LogP contribution in [-0.2, 0) is 0 Å². The maximum Gasteiger partial charge on any atom is 0.242 e. The minimum Gasteiger partial charge on any atom is -0.476 e. The zero-order valence-corrected chi connectivity index (χ0v) is 11.5. The summed E-state index contributed by atoms with van der Waals surface area (Å²) in [5, 5.41) is 3.40. The van der Waals surface area contributed by atoms with Crippen molar-refractivity contribution in [3.63, 3.8) is 0 Å². The molecule has 3 N–H and O–H groups in total. The summed E-state index contributed by atoms with van der Waals surface area (Å²) in [6.07, 6.45) is 7.93. The van der Waals surface area contributed by atoms with Gasteiger partial charge in [0.25, 0.3) is 0 Å². The summed E-state index contributed by atoms with van der Waals surface area (Å²) in [5.74, 6) is 2.14. The van der Waals surface area contributed by atoms with E-state index in [4.69, 9.17) is 10.5 Å². The molecule has 0 unspecified atom stereocenters. The van der Waals surface area contributed by atoms with Crippen molar-refractivity contribution in [3.8, 4) is 5.88 Å². The summed E-state index contributed by atoms with van der Waals surface area (Å²) in [6.45, 7) is 3.67. The Balaban J connectivity index is 1.63. The number of nitrogens with two attached hydrogens (primary N) is 1. The summed E-state index contributed by atoms with van der Waals surface area (Å²) in [5.41, 5.74) is 7.11. The second-order valence-corrected chi connectivity index (χ2v) is 5.78. The lowest BCUT2D eigenvalue weighted by Gasteiger charge is -2.17. The highest BCUT2D eigenvalue weighted by molar-refractivity contribution is 5.66. The second kappa shape index (κ2) is 4.87. The van der Waals surface area contributed by atoms with E-state index in [0.29, 0.717) is 29.4 Å². The van der Waals surface area contributed by atoms with Crippen LogP contribution in [0.15, 0.2) is 6.33 Å². The van der Waals surface area contributed by atoms with Crippen LogP contribution in [0.1, 0.15) is 39.0 Å². The molecule has 0 bridgehead atoms.